The van der Waals surface area contributed by atoms with E-state index in [4.69, 9.17) is 10.4 Å². The van der Waals surface area contributed by atoms with E-state index >= 15 is 0 Å². The minimum absolute atomic E-state index is 0.0311. The van der Waals surface area contributed by atoms with E-state index in [0.717, 1.165) is 18.4 Å². The summed E-state index contributed by atoms with van der Waals surface area (Å²) in [6.07, 6.45) is 1.77. The van der Waals surface area contributed by atoms with Gasteiger partial charge in [0.2, 0.25) is 11.8 Å². The number of carbonyl (C=O) groups is 2. The topological polar surface area (TPSA) is 102 Å². The molecule has 1 atom stereocenters. The van der Waals surface area contributed by atoms with Crippen molar-refractivity contribution in [3.05, 3.63) is 23.8 Å². The zero-order valence-electron chi connectivity index (χ0n) is 11.5. The minimum Gasteiger partial charge on any atom is -0.369 e. The maximum Gasteiger partial charge on any atom is 0.227 e. The van der Waals surface area contributed by atoms with Gasteiger partial charge in [0.15, 0.2) is 0 Å². The molecule has 1 saturated heterocycles. The summed E-state index contributed by atoms with van der Waals surface area (Å²) in [6.45, 7) is 1.07. The average Bonchev–Trinajstić information content (AvgIpc) is 2.97. The van der Waals surface area contributed by atoms with E-state index in [1.807, 2.05) is 12.1 Å². The van der Waals surface area contributed by atoms with Crippen LogP contribution in [0.1, 0.15) is 18.4 Å². The Bertz CT molecular complexity index is 682. The van der Waals surface area contributed by atoms with Gasteiger partial charge in [-0.15, -0.1) is 0 Å². The summed E-state index contributed by atoms with van der Waals surface area (Å²) in [5.41, 5.74) is 7.35. The Hall–Kier alpha value is -2.44. The summed E-state index contributed by atoms with van der Waals surface area (Å²) in [7, 11) is 0. The van der Waals surface area contributed by atoms with Gasteiger partial charge in [-0.3, -0.25) is 9.59 Å². The number of nitrogens with zero attached hydrogens (tertiary/aromatic N) is 3. The third-order valence-corrected chi connectivity index (χ3v) is 3.89. The molecule has 21 heavy (non-hydrogen) atoms. The molecule has 1 aliphatic rings. The Balaban J connectivity index is 1.74. The standard InChI is InChI=1S/C14H16N4O3/c15-14(20)10-4-2-6-18(8-10)12(19)7-9-3-1-5-11-13(9)17-21-16-11/h1,3,5,10H,2,4,6-8H2,(H2,15,20)/t10-/m0/s1. The van der Waals surface area contributed by atoms with Crippen LogP contribution in [0.3, 0.4) is 0 Å². The summed E-state index contributed by atoms with van der Waals surface area (Å²) >= 11 is 0. The van der Waals surface area contributed by atoms with Gasteiger partial charge in [0.25, 0.3) is 0 Å². The lowest BCUT2D eigenvalue weighted by molar-refractivity contribution is -0.134. The van der Waals surface area contributed by atoms with Crippen LogP contribution >= 0.6 is 0 Å². The largest absolute Gasteiger partial charge is 0.369 e. The summed E-state index contributed by atoms with van der Waals surface area (Å²) in [6, 6.07) is 5.43. The minimum atomic E-state index is -0.338. The molecule has 2 heterocycles. The first kappa shape index (κ1) is 13.5. The van der Waals surface area contributed by atoms with Gasteiger partial charge in [0.1, 0.15) is 11.0 Å². The fourth-order valence-corrected chi connectivity index (χ4v) is 2.72. The number of rotatable bonds is 3. The SMILES string of the molecule is NC(=O)[C@H]1CCCN(C(=O)Cc2cccc3nonc23)C1. The highest BCUT2D eigenvalue weighted by molar-refractivity contribution is 5.86. The molecule has 3 rings (SSSR count). The fraction of sp³-hybridized carbons (Fsp3) is 0.429. The second-order valence-corrected chi connectivity index (χ2v) is 5.31. The molecule has 0 bridgehead atoms. The first-order chi connectivity index (χ1) is 10.1. The van der Waals surface area contributed by atoms with Crippen molar-refractivity contribution >= 4 is 22.8 Å². The summed E-state index contributed by atoms with van der Waals surface area (Å²) in [5.74, 6) is -0.612. The molecule has 1 aromatic heterocycles. The van der Waals surface area contributed by atoms with Crippen molar-refractivity contribution < 1.29 is 14.2 Å². The summed E-state index contributed by atoms with van der Waals surface area (Å²) < 4.78 is 4.70. The number of fused-ring (bicyclic) bond motifs is 1. The normalized spacial score (nSPS) is 18.9. The molecule has 7 nitrogen and oxygen atoms in total. The van der Waals surface area contributed by atoms with Gasteiger partial charge < -0.3 is 10.6 Å². The van der Waals surface area contributed by atoms with Crippen LogP contribution in [0.2, 0.25) is 0 Å². The van der Waals surface area contributed by atoms with Gasteiger partial charge in [0, 0.05) is 13.1 Å². The van der Waals surface area contributed by atoms with Crippen molar-refractivity contribution in [2.45, 2.75) is 19.3 Å². The smallest absolute Gasteiger partial charge is 0.227 e. The Kier molecular flexibility index (Phi) is 3.55. The van der Waals surface area contributed by atoms with Gasteiger partial charge in [-0.25, -0.2) is 4.63 Å². The Labute approximate surface area is 121 Å². The quantitative estimate of drug-likeness (QED) is 0.885. The number of aromatic nitrogens is 2. The summed E-state index contributed by atoms with van der Waals surface area (Å²) in [5, 5.41) is 7.59. The van der Waals surface area contributed by atoms with Crippen LogP contribution in [0.4, 0.5) is 0 Å². The zero-order valence-corrected chi connectivity index (χ0v) is 11.5. The van der Waals surface area contributed by atoms with E-state index in [1.165, 1.54) is 0 Å². The maximum atomic E-state index is 12.4. The molecular formula is C14H16N4O3. The number of carbonyl (C=O) groups excluding carboxylic acids is 2. The molecule has 0 radical (unpaired) electrons. The molecular weight excluding hydrogens is 272 g/mol. The van der Waals surface area contributed by atoms with Crippen LogP contribution in [-0.2, 0) is 16.0 Å². The summed E-state index contributed by atoms with van der Waals surface area (Å²) in [4.78, 5) is 25.4. The fourth-order valence-electron chi connectivity index (χ4n) is 2.72. The van der Waals surface area contributed by atoms with Crippen LogP contribution in [0, 0.1) is 5.92 Å². The van der Waals surface area contributed by atoms with Crippen LogP contribution in [0.15, 0.2) is 22.8 Å². The second-order valence-electron chi connectivity index (χ2n) is 5.31. The Morgan fingerprint density at radius 2 is 2.24 bits per heavy atom. The molecule has 0 aliphatic carbocycles. The van der Waals surface area contributed by atoms with Crippen molar-refractivity contribution in [2.24, 2.45) is 11.7 Å². The van der Waals surface area contributed by atoms with E-state index in [9.17, 15) is 9.59 Å². The lowest BCUT2D eigenvalue weighted by Crippen LogP contribution is -2.44. The number of likely N-dealkylation sites (tertiary alicyclic amines) is 1. The Morgan fingerprint density at radius 1 is 1.38 bits per heavy atom. The first-order valence-corrected chi connectivity index (χ1v) is 6.92. The average molecular weight is 288 g/mol. The molecule has 1 aromatic carbocycles. The Morgan fingerprint density at radius 3 is 3.05 bits per heavy atom. The van der Waals surface area contributed by atoms with Gasteiger partial charge in [-0.05, 0) is 34.8 Å². The number of hydrogen-bond donors (Lipinski definition) is 1. The molecule has 0 unspecified atom stereocenters. The number of benzene rings is 1. The molecule has 2 N–H and O–H groups in total. The third-order valence-electron chi connectivity index (χ3n) is 3.89. The molecule has 1 aliphatic heterocycles. The monoisotopic (exact) mass is 288 g/mol. The van der Waals surface area contributed by atoms with Crippen molar-refractivity contribution in [2.75, 3.05) is 13.1 Å². The first-order valence-electron chi connectivity index (χ1n) is 6.92. The van der Waals surface area contributed by atoms with E-state index in [0.29, 0.717) is 24.1 Å². The highest BCUT2D eigenvalue weighted by Gasteiger charge is 2.27. The maximum absolute atomic E-state index is 12.4. The lowest BCUT2D eigenvalue weighted by Gasteiger charge is -2.31. The molecule has 110 valence electrons. The molecule has 7 heteroatoms. The van der Waals surface area contributed by atoms with Crippen LogP contribution in [-0.4, -0.2) is 40.1 Å². The lowest BCUT2D eigenvalue weighted by atomic mass is 9.97. The predicted molar refractivity (Wildman–Crippen MR) is 74.0 cm³/mol. The van der Waals surface area contributed by atoms with Crippen molar-refractivity contribution in [3.63, 3.8) is 0 Å². The van der Waals surface area contributed by atoms with Crippen LogP contribution < -0.4 is 5.73 Å². The molecule has 0 saturated carbocycles. The zero-order chi connectivity index (χ0) is 14.8. The highest BCUT2D eigenvalue weighted by atomic mass is 16.6. The molecule has 2 aromatic rings. The number of hydrogen-bond acceptors (Lipinski definition) is 5. The number of nitrogens with two attached hydrogens (primary N) is 1. The van der Waals surface area contributed by atoms with Gasteiger partial charge in [-0.2, -0.15) is 0 Å². The van der Waals surface area contributed by atoms with Gasteiger partial charge in [0.05, 0.1) is 12.3 Å². The second kappa shape index (κ2) is 5.51. The van der Waals surface area contributed by atoms with Crippen molar-refractivity contribution in [3.8, 4) is 0 Å². The van der Waals surface area contributed by atoms with Crippen molar-refractivity contribution in [1.29, 1.82) is 0 Å². The van der Waals surface area contributed by atoms with Crippen LogP contribution in [0.5, 0.6) is 0 Å². The highest BCUT2D eigenvalue weighted by Crippen LogP contribution is 2.19. The number of piperidine rings is 1. The van der Waals surface area contributed by atoms with E-state index < -0.39 is 0 Å². The molecule has 2 amide bonds. The molecule has 0 spiro atoms. The van der Waals surface area contributed by atoms with Gasteiger partial charge >= 0.3 is 0 Å². The molecule has 1 fully saturated rings. The number of amides is 2. The van der Waals surface area contributed by atoms with Crippen LogP contribution in [0.25, 0.3) is 11.0 Å². The van der Waals surface area contributed by atoms with E-state index in [2.05, 4.69) is 10.3 Å². The predicted octanol–water partition coefficient (Wildman–Crippen LogP) is 0.489. The third kappa shape index (κ3) is 2.72. The van der Waals surface area contributed by atoms with E-state index in [1.54, 1.807) is 11.0 Å². The number of primary amides is 1. The van der Waals surface area contributed by atoms with Crippen molar-refractivity contribution in [1.82, 2.24) is 15.2 Å². The van der Waals surface area contributed by atoms with Gasteiger partial charge in [-0.1, -0.05) is 12.1 Å². The van der Waals surface area contributed by atoms with E-state index in [-0.39, 0.29) is 24.2 Å².